The first-order chi connectivity index (χ1) is 3.00. The average molecular weight is 83.9 g/mol. The van der Waals surface area contributed by atoms with Crippen LogP contribution in [0, 0.1) is 0 Å². The third-order valence-corrected chi connectivity index (χ3v) is 0.667. The van der Waals surface area contributed by atoms with Gasteiger partial charge in [0, 0.05) is 0 Å². The third kappa shape index (κ3) is 2.68. The van der Waals surface area contributed by atoms with Crippen LogP contribution in [0.3, 0.4) is 0 Å². The summed E-state index contributed by atoms with van der Waals surface area (Å²) in [6.45, 7) is 2.00. The van der Waals surface area contributed by atoms with E-state index in [0.717, 1.165) is 0 Å². The van der Waals surface area contributed by atoms with Crippen molar-refractivity contribution in [2.24, 2.45) is 0 Å². The molecule has 0 bridgehead atoms. The van der Waals surface area contributed by atoms with Crippen molar-refractivity contribution in [2.45, 2.75) is 0 Å². The van der Waals surface area contributed by atoms with Gasteiger partial charge in [0.05, 0.1) is 0 Å². The summed E-state index contributed by atoms with van der Waals surface area (Å²) in [6, 6.07) is 6.00. The fraction of sp³-hybridized carbons (Fsp3) is 0. The van der Waals surface area contributed by atoms with Crippen LogP contribution in [0.5, 0.6) is 0 Å². The number of hydrogen-bond acceptors (Lipinski definition) is 0. The minimum absolute atomic E-state index is 0. The molecule has 0 fully saturated rings. The van der Waals surface area contributed by atoms with Gasteiger partial charge in [-0.1, -0.05) is 0 Å². The molecule has 30 valence electrons. The summed E-state index contributed by atoms with van der Waals surface area (Å²) >= 11 is 0. The van der Waals surface area contributed by atoms with E-state index in [1.54, 1.807) is 0 Å². The van der Waals surface area contributed by atoms with Crippen LogP contribution in [-0.4, -0.2) is 25.8 Å². The molecule has 0 saturated carbocycles. The first kappa shape index (κ1) is 7.01. The fourth-order valence-corrected chi connectivity index (χ4v) is 0.385. The molecule has 0 spiro atoms. The molecule has 0 amide bonds. The van der Waals surface area contributed by atoms with E-state index in [4.69, 9.17) is 0 Å². The molecule has 1 heterocycles. The van der Waals surface area contributed by atoms with Gasteiger partial charge in [-0.25, -0.2) is 0 Å². The van der Waals surface area contributed by atoms with Crippen molar-refractivity contribution in [3.8, 4) is 0 Å². The Bertz CT molecular complexity index is 80.0. The predicted octanol–water partition coefficient (Wildman–Crippen LogP) is 0.376. The molecule has 1 aromatic rings. The molecule has 0 radical (unpaired) electrons. The molecule has 0 atom stereocenters. The van der Waals surface area contributed by atoms with Crippen LogP contribution < -0.4 is 0 Å². The van der Waals surface area contributed by atoms with E-state index in [0.29, 0.717) is 0 Å². The maximum absolute atomic E-state index is 2.00. The summed E-state index contributed by atoms with van der Waals surface area (Å²) in [7, 11) is 0. The van der Waals surface area contributed by atoms with E-state index in [9.17, 15) is 0 Å². The molecule has 0 aliphatic carbocycles. The topological polar surface area (TPSA) is 0 Å². The zero-order chi connectivity index (χ0) is 4.24. The summed E-state index contributed by atoms with van der Waals surface area (Å²) in [5, 5.41) is 0. The molecule has 0 unspecified atom stereocenters. The Morgan fingerprint density at radius 1 is 0.857 bits per heavy atom. The summed E-state index contributed by atoms with van der Waals surface area (Å²) in [5.74, 6) is 4.00. The molecule has 2 heteroatoms. The van der Waals surface area contributed by atoms with Crippen LogP contribution in [0.2, 0.25) is 0 Å². The summed E-state index contributed by atoms with van der Waals surface area (Å²) < 4.78 is 0. The first-order valence-corrected chi connectivity index (χ1v) is 2.00. The van der Waals surface area contributed by atoms with Crippen LogP contribution in [0.4, 0.5) is 0 Å². The summed E-state index contributed by atoms with van der Waals surface area (Å²) in [6.07, 6.45) is 0. The molecular formula is C5H6BLi. The van der Waals surface area contributed by atoms with Gasteiger partial charge in [-0.15, -0.1) is 0 Å². The van der Waals surface area contributed by atoms with Gasteiger partial charge in [-0.2, -0.15) is 0 Å². The van der Waals surface area contributed by atoms with E-state index in [-0.39, 0.29) is 18.9 Å². The van der Waals surface area contributed by atoms with Gasteiger partial charge in [0.15, 0.2) is 0 Å². The third-order valence-electron chi connectivity index (χ3n) is 0.667. The van der Waals surface area contributed by atoms with Crippen LogP contribution in [0.25, 0.3) is 0 Å². The van der Waals surface area contributed by atoms with Crippen molar-refractivity contribution in [1.29, 1.82) is 0 Å². The van der Waals surface area contributed by atoms with Gasteiger partial charge < -0.3 is 0 Å². The molecule has 0 N–H and O–H groups in total. The summed E-state index contributed by atoms with van der Waals surface area (Å²) in [4.78, 5) is 0. The Labute approximate surface area is 56.3 Å². The fourth-order valence-electron chi connectivity index (χ4n) is 0.385. The number of hydrogen-bond donors (Lipinski definition) is 0. The van der Waals surface area contributed by atoms with E-state index in [1.165, 1.54) is 0 Å². The zero-order valence-electron chi connectivity index (χ0n) is 3.46. The van der Waals surface area contributed by atoms with Gasteiger partial charge in [0.25, 0.3) is 0 Å². The molecule has 0 aliphatic rings. The average Bonchev–Trinajstić information content (AvgIpc) is 1.72. The normalized spacial score (nSPS) is 6.29. The van der Waals surface area contributed by atoms with Gasteiger partial charge in [-0.3, -0.25) is 0 Å². The van der Waals surface area contributed by atoms with E-state index < -0.39 is 0 Å². The van der Waals surface area contributed by atoms with Crippen LogP contribution >= 0.6 is 0 Å². The second-order valence-electron chi connectivity index (χ2n) is 1.15. The quantitative estimate of drug-likeness (QED) is 0.398. The second kappa shape index (κ2) is 4.18. The Kier molecular flexibility index (Phi) is 4.19. The molecule has 1 aromatic heterocycles. The first-order valence-electron chi connectivity index (χ1n) is 2.00. The monoisotopic (exact) mass is 84.1 g/mol. The SMILES string of the molecule is [LiH].b1ccccc1. The molecule has 7 heavy (non-hydrogen) atoms. The summed E-state index contributed by atoms with van der Waals surface area (Å²) in [5.41, 5.74) is 0. The second-order valence-corrected chi connectivity index (χ2v) is 1.15. The van der Waals surface area contributed by atoms with Gasteiger partial charge in [-0.05, 0) is 0 Å². The molecule has 0 nitrogen and oxygen atoms in total. The van der Waals surface area contributed by atoms with Crippen molar-refractivity contribution >= 4 is 25.8 Å². The Hall–Kier alpha value is 0.0123. The van der Waals surface area contributed by atoms with Crippen molar-refractivity contribution < 1.29 is 0 Å². The van der Waals surface area contributed by atoms with Gasteiger partial charge >= 0.3 is 55.9 Å². The Balaban J connectivity index is 0.000000360. The van der Waals surface area contributed by atoms with Gasteiger partial charge in [0.2, 0.25) is 0 Å². The van der Waals surface area contributed by atoms with Crippen molar-refractivity contribution in [1.82, 2.24) is 0 Å². The van der Waals surface area contributed by atoms with Crippen LogP contribution in [-0.2, 0) is 0 Å². The zero-order valence-corrected chi connectivity index (χ0v) is 3.46. The number of rotatable bonds is 0. The predicted molar refractivity (Wildman–Crippen MR) is 34.9 cm³/mol. The van der Waals surface area contributed by atoms with Crippen molar-refractivity contribution in [3.63, 3.8) is 0 Å². The Morgan fingerprint density at radius 2 is 1.43 bits per heavy atom. The molecule has 0 aromatic carbocycles. The van der Waals surface area contributed by atoms with Crippen LogP contribution in [0.15, 0.2) is 30.1 Å². The van der Waals surface area contributed by atoms with Crippen molar-refractivity contribution in [2.75, 3.05) is 0 Å². The molecule has 0 aliphatic heterocycles. The van der Waals surface area contributed by atoms with Gasteiger partial charge in [0.1, 0.15) is 0 Å². The van der Waals surface area contributed by atoms with E-state index in [2.05, 4.69) is 0 Å². The molecular weight excluding hydrogens is 77.8 g/mol. The molecule has 0 saturated heterocycles. The van der Waals surface area contributed by atoms with E-state index in [1.807, 2.05) is 37.0 Å². The van der Waals surface area contributed by atoms with Crippen molar-refractivity contribution in [3.05, 3.63) is 30.1 Å². The maximum atomic E-state index is 2.00. The minimum atomic E-state index is 0. The van der Waals surface area contributed by atoms with Crippen LogP contribution in [0.1, 0.15) is 0 Å². The molecule has 1 rings (SSSR count). The van der Waals surface area contributed by atoms with E-state index >= 15 is 0 Å². The standard InChI is InChI=1S/C5H5B.Li.H/c1-2-4-6-5-3-1;;/h1-5H;;. The Morgan fingerprint density at radius 3 is 1.57 bits per heavy atom.